The molecule has 3 unspecified atom stereocenters. The number of nitrogens with zero attached hydrogens (tertiary/aromatic N) is 6. The highest BCUT2D eigenvalue weighted by Crippen LogP contribution is 2.37. The molecule has 0 bridgehead atoms. The first kappa shape index (κ1) is 42.0. The molecule has 0 aliphatic carbocycles. The number of carbonyl (C=O) groups excluding carboxylic acids is 4. The number of likely N-dealkylation sites (tertiary alicyclic amines) is 2. The van der Waals surface area contributed by atoms with Crippen molar-refractivity contribution in [3.05, 3.63) is 107 Å². The minimum absolute atomic E-state index is 0.0485. The summed E-state index contributed by atoms with van der Waals surface area (Å²) in [6.07, 6.45) is 6.15. The van der Waals surface area contributed by atoms with E-state index in [9.17, 15) is 19.2 Å². The highest BCUT2D eigenvalue weighted by Gasteiger charge is 2.45. The van der Waals surface area contributed by atoms with E-state index in [-0.39, 0.29) is 36.4 Å². The van der Waals surface area contributed by atoms with Gasteiger partial charge >= 0.3 is 12.1 Å². The van der Waals surface area contributed by atoms with Crippen LogP contribution in [0.15, 0.2) is 85.2 Å². The van der Waals surface area contributed by atoms with Crippen LogP contribution in [0.4, 0.5) is 10.5 Å². The third-order valence-corrected chi connectivity index (χ3v) is 10.2. The van der Waals surface area contributed by atoms with Gasteiger partial charge < -0.3 is 25.0 Å². The number of rotatable bonds is 9. The lowest BCUT2D eigenvalue weighted by atomic mass is 9.79. The van der Waals surface area contributed by atoms with Gasteiger partial charge in [-0.05, 0) is 125 Å². The number of tetrazole rings is 1. The van der Waals surface area contributed by atoms with E-state index < -0.39 is 29.3 Å². The Hall–Kier alpha value is -5.60. The first-order valence-corrected chi connectivity index (χ1v) is 19.9. The van der Waals surface area contributed by atoms with Crippen LogP contribution in [0.5, 0.6) is 0 Å². The van der Waals surface area contributed by atoms with Crippen LogP contribution in [0.3, 0.4) is 0 Å². The van der Waals surface area contributed by atoms with E-state index in [4.69, 9.17) is 21.1 Å². The second-order valence-corrected chi connectivity index (χ2v) is 17.1. The Bertz CT molecular complexity index is 2090. The first-order valence-electron chi connectivity index (χ1n) is 19.5. The summed E-state index contributed by atoms with van der Waals surface area (Å²) in [5.74, 6) is -1.57. The van der Waals surface area contributed by atoms with E-state index in [1.165, 1.54) is 17.1 Å². The molecule has 0 saturated carbocycles. The molecule has 0 radical (unpaired) electrons. The molecule has 2 aliphatic heterocycles. The Balaban J connectivity index is 1.30. The number of carbonyl (C=O) groups is 4. The average Bonchev–Trinajstić information content (AvgIpc) is 3.71. The zero-order chi connectivity index (χ0) is 41.6. The van der Waals surface area contributed by atoms with Crippen LogP contribution in [0, 0.1) is 0 Å². The second kappa shape index (κ2) is 17.9. The molecule has 3 atom stereocenters. The van der Waals surface area contributed by atoms with Gasteiger partial charge in [0.2, 0.25) is 11.8 Å². The molecule has 15 heteroatoms. The zero-order valence-electron chi connectivity index (χ0n) is 33.7. The van der Waals surface area contributed by atoms with Crippen molar-refractivity contribution < 1.29 is 28.7 Å². The maximum absolute atomic E-state index is 14.6. The van der Waals surface area contributed by atoms with Crippen LogP contribution in [0.1, 0.15) is 88.2 Å². The number of piperidine rings is 2. The number of nitrogens with one attached hydrogen (secondary N) is 2. The van der Waals surface area contributed by atoms with E-state index >= 15 is 0 Å². The van der Waals surface area contributed by atoms with E-state index in [1.807, 2.05) is 51.1 Å². The number of hydrogen-bond acceptors (Lipinski definition) is 10. The molecule has 3 amide bonds. The molecule has 2 fully saturated rings. The highest BCUT2D eigenvalue weighted by molar-refractivity contribution is 6.30. The fourth-order valence-corrected chi connectivity index (χ4v) is 7.59. The summed E-state index contributed by atoms with van der Waals surface area (Å²) in [6.45, 7) is 12.6. The average molecular weight is 811 g/mol. The normalized spacial score (nSPS) is 19.4. The van der Waals surface area contributed by atoms with Gasteiger partial charge in [0.1, 0.15) is 23.6 Å². The Morgan fingerprint density at radius 1 is 0.879 bits per heavy atom. The summed E-state index contributed by atoms with van der Waals surface area (Å²) in [6, 6.07) is 20.4. The maximum Gasteiger partial charge on any atom is 0.407 e. The van der Waals surface area contributed by atoms with Crippen LogP contribution in [0.2, 0.25) is 5.02 Å². The number of hydrogen-bond donors (Lipinski definition) is 2. The van der Waals surface area contributed by atoms with Crippen LogP contribution < -0.4 is 10.6 Å². The van der Waals surface area contributed by atoms with Crippen LogP contribution in [0.25, 0.3) is 11.8 Å². The molecule has 14 nitrogen and oxygen atoms in total. The number of alkyl carbamates (subject to hydrolysis) is 1. The second-order valence-electron chi connectivity index (χ2n) is 16.7. The Labute approximate surface area is 343 Å². The van der Waals surface area contributed by atoms with Gasteiger partial charge in [0, 0.05) is 60.0 Å². The molecular weight excluding hydrogens is 760 g/mol. The summed E-state index contributed by atoms with van der Waals surface area (Å²) < 4.78 is 12.5. The molecule has 3 aromatic carbocycles. The van der Waals surface area contributed by atoms with Gasteiger partial charge in [-0.15, -0.1) is 5.10 Å². The maximum atomic E-state index is 14.6. The molecule has 2 saturated heterocycles. The molecule has 306 valence electrons. The van der Waals surface area contributed by atoms with Crippen LogP contribution in [-0.4, -0.2) is 103 Å². The lowest BCUT2D eigenvalue weighted by Crippen LogP contribution is -2.61. The topological polar surface area (TPSA) is 161 Å². The van der Waals surface area contributed by atoms with E-state index in [0.29, 0.717) is 59.9 Å². The van der Waals surface area contributed by atoms with Crippen molar-refractivity contribution in [1.29, 1.82) is 0 Å². The Kier molecular flexibility index (Phi) is 13.0. The minimum atomic E-state index is -0.897. The van der Waals surface area contributed by atoms with Crippen molar-refractivity contribution in [2.75, 3.05) is 25.0 Å². The number of benzene rings is 3. The number of aromatic nitrogens is 4. The molecule has 0 spiro atoms. The SMILES string of the molecule is CC(C)(C)OC(=O)NC1CCN(C2CC(c3ccccc3)C(C(=O)Nc3ccc(C(=O)OC(C)(C)C)cc3)N(C(=O)/C=C/c3cc(Cl)ccc3-n3cnnn3)C2)CC1. The minimum Gasteiger partial charge on any atom is -0.456 e. The highest BCUT2D eigenvalue weighted by atomic mass is 35.5. The molecule has 58 heavy (non-hydrogen) atoms. The number of anilines is 1. The van der Waals surface area contributed by atoms with Crippen molar-refractivity contribution in [1.82, 2.24) is 35.3 Å². The van der Waals surface area contributed by atoms with E-state index in [2.05, 4.69) is 31.1 Å². The Morgan fingerprint density at radius 2 is 1.57 bits per heavy atom. The first-order chi connectivity index (χ1) is 27.5. The quantitative estimate of drug-likeness (QED) is 0.138. The molecule has 6 rings (SSSR count). The number of esters is 1. The summed E-state index contributed by atoms with van der Waals surface area (Å²) in [7, 11) is 0. The van der Waals surface area contributed by atoms with Crippen LogP contribution in [-0.2, 0) is 19.1 Å². The standard InChI is InChI=1S/C43H51ClN8O6/c1-42(2,3)57-40(55)29-12-16-32(17-13-29)46-39(54)38-35(28-10-8-7-9-11-28)25-34(50-22-20-33(21-23-50)47-41(56)58-43(4,5)6)26-51(38)37(53)19-14-30-24-31(44)15-18-36(30)52-27-45-48-49-52/h7-19,24,27,33-35,38H,20-23,25-26H2,1-6H3,(H,46,54)(H,47,56)/b19-14+. The van der Waals surface area contributed by atoms with Gasteiger partial charge in [0.05, 0.1) is 11.3 Å². The van der Waals surface area contributed by atoms with Gasteiger partial charge in [-0.1, -0.05) is 41.9 Å². The monoisotopic (exact) mass is 810 g/mol. The van der Waals surface area contributed by atoms with Crippen LogP contribution >= 0.6 is 11.6 Å². The fourth-order valence-electron chi connectivity index (χ4n) is 7.41. The largest absolute Gasteiger partial charge is 0.456 e. The van der Waals surface area contributed by atoms with Gasteiger partial charge in [-0.25, -0.2) is 9.59 Å². The van der Waals surface area contributed by atoms with Crippen molar-refractivity contribution in [3.63, 3.8) is 0 Å². The fraction of sp³-hybridized carbons (Fsp3) is 0.419. The molecule has 2 N–H and O–H groups in total. The number of ether oxygens (including phenoxy) is 2. The number of halogens is 1. The predicted octanol–water partition coefficient (Wildman–Crippen LogP) is 6.67. The van der Waals surface area contributed by atoms with E-state index in [1.54, 1.807) is 74.2 Å². The zero-order valence-corrected chi connectivity index (χ0v) is 34.5. The molecule has 1 aromatic heterocycles. The Morgan fingerprint density at radius 3 is 2.21 bits per heavy atom. The van der Waals surface area contributed by atoms with Gasteiger partial charge in [-0.3, -0.25) is 14.5 Å². The molecular formula is C43H51ClN8O6. The van der Waals surface area contributed by atoms with Crippen molar-refractivity contribution in [2.45, 2.75) is 96.1 Å². The van der Waals surface area contributed by atoms with Gasteiger partial charge in [0.25, 0.3) is 0 Å². The smallest absolute Gasteiger partial charge is 0.407 e. The lowest BCUT2D eigenvalue weighted by Gasteiger charge is -2.48. The van der Waals surface area contributed by atoms with Gasteiger partial charge in [-0.2, -0.15) is 4.68 Å². The van der Waals surface area contributed by atoms with Crippen molar-refractivity contribution in [3.8, 4) is 5.69 Å². The predicted molar refractivity (Wildman–Crippen MR) is 220 cm³/mol. The summed E-state index contributed by atoms with van der Waals surface area (Å²) >= 11 is 6.39. The molecule has 2 aliphatic rings. The van der Waals surface area contributed by atoms with E-state index in [0.717, 1.165) is 5.56 Å². The number of amides is 3. The third-order valence-electron chi connectivity index (χ3n) is 9.97. The summed E-state index contributed by atoms with van der Waals surface area (Å²) in [5.41, 5.74) is 1.71. The summed E-state index contributed by atoms with van der Waals surface area (Å²) in [4.78, 5) is 58.4. The van der Waals surface area contributed by atoms with Gasteiger partial charge in [0.15, 0.2) is 0 Å². The third kappa shape index (κ3) is 11.1. The summed E-state index contributed by atoms with van der Waals surface area (Å²) in [5, 5.41) is 18.0. The van der Waals surface area contributed by atoms with Crippen molar-refractivity contribution >= 4 is 47.2 Å². The van der Waals surface area contributed by atoms with Crippen molar-refractivity contribution in [2.24, 2.45) is 0 Å². The molecule has 3 heterocycles. The lowest BCUT2D eigenvalue weighted by molar-refractivity contribution is -0.139. The molecule has 4 aromatic rings.